The van der Waals surface area contributed by atoms with Crippen LogP contribution in [0.1, 0.15) is 19.3 Å². The summed E-state index contributed by atoms with van der Waals surface area (Å²) in [5.41, 5.74) is 0. The maximum atomic E-state index is 13.7. The van der Waals surface area contributed by atoms with Crippen molar-refractivity contribution in [1.82, 2.24) is 4.72 Å². The molecule has 4 unspecified atom stereocenters. The minimum Gasteiger partial charge on any atom is -0.396 e. The van der Waals surface area contributed by atoms with Gasteiger partial charge in [-0.1, -0.05) is 0 Å². The maximum absolute atomic E-state index is 13.7. The fraction of sp³-hybridized carbons (Fsp3) is 0.571. The highest BCUT2D eigenvalue weighted by molar-refractivity contribution is 7.89. The van der Waals surface area contributed by atoms with E-state index in [1.807, 2.05) is 0 Å². The van der Waals surface area contributed by atoms with Crippen LogP contribution in [0.3, 0.4) is 0 Å². The SMILES string of the molecule is O=S(=O)(NC1C2CCC(C2)C1CO)c1cc(F)ccc1F. The van der Waals surface area contributed by atoms with E-state index in [9.17, 15) is 22.3 Å². The second-order valence-corrected chi connectivity index (χ2v) is 7.58. The molecule has 0 amide bonds. The predicted octanol–water partition coefficient (Wildman–Crippen LogP) is 1.65. The number of rotatable bonds is 4. The number of aliphatic hydroxyl groups excluding tert-OH is 1. The maximum Gasteiger partial charge on any atom is 0.243 e. The monoisotopic (exact) mass is 317 g/mol. The summed E-state index contributed by atoms with van der Waals surface area (Å²) in [6, 6.07) is 1.96. The summed E-state index contributed by atoms with van der Waals surface area (Å²) in [4.78, 5) is -0.679. The third-order valence-corrected chi connectivity index (χ3v) is 6.25. The summed E-state index contributed by atoms with van der Waals surface area (Å²) in [5.74, 6) is -1.45. The molecule has 2 aliphatic rings. The average Bonchev–Trinajstić information content (AvgIpc) is 3.02. The molecule has 1 aromatic carbocycles. The van der Waals surface area contributed by atoms with Gasteiger partial charge in [0.05, 0.1) is 0 Å². The Morgan fingerprint density at radius 2 is 1.95 bits per heavy atom. The van der Waals surface area contributed by atoms with E-state index >= 15 is 0 Å². The summed E-state index contributed by atoms with van der Waals surface area (Å²) in [6.45, 7) is -0.0972. The van der Waals surface area contributed by atoms with Crippen molar-refractivity contribution in [2.75, 3.05) is 6.61 Å². The van der Waals surface area contributed by atoms with Gasteiger partial charge in [0, 0.05) is 18.6 Å². The van der Waals surface area contributed by atoms with E-state index in [1.165, 1.54) is 0 Å². The van der Waals surface area contributed by atoms with Crippen LogP contribution < -0.4 is 4.72 Å². The molecule has 21 heavy (non-hydrogen) atoms. The van der Waals surface area contributed by atoms with Crippen LogP contribution >= 0.6 is 0 Å². The number of benzene rings is 1. The molecule has 2 fully saturated rings. The Bertz CT molecular complexity index is 650. The van der Waals surface area contributed by atoms with Crippen molar-refractivity contribution >= 4 is 10.0 Å². The van der Waals surface area contributed by atoms with E-state index in [2.05, 4.69) is 4.72 Å². The van der Waals surface area contributed by atoms with Crippen molar-refractivity contribution in [3.8, 4) is 0 Å². The Hall–Kier alpha value is -1.05. The number of nitrogens with one attached hydrogen (secondary N) is 1. The molecule has 7 heteroatoms. The van der Waals surface area contributed by atoms with Crippen LogP contribution in [-0.2, 0) is 10.0 Å². The van der Waals surface area contributed by atoms with Gasteiger partial charge in [0.25, 0.3) is 0 Å². The quantitative estimate of drug-likeness (QED) is 0.887. The zero-order valence-electron chi connectivity index (χ0n) is 11.3. The first kappa shape index (κ1) is 14.9. The standard InChI is InChI=1S/C14H17F2NO3S/c15-10-3-4-12(16)13(6-10)21(19,20)17-14-9-2-1-8(5-9)11(14)7-18/h3-4,6,8-9,11,14,17-18H,1-2,5,7H2. The number of sulfonamides is 1. The van der Waals surface area contributed by atoms with Crippen molar-refractivity contribution in [1.29, 1.82) is 0 Å². The lowest BCUT2D eigenvalue weighted by atomic mass is 9.86. The van der Waals surface area contributed by atoms with Crippen LogP contribution in [0.5, 0.6) is 0 Å². The fourth-order valence-corrected chi connectivity index (χ4v) is 5.23. The van der Waals surface area contributed by atoms with Gasteiger partial charge in [-0.2, -0.15) is 0 Å². The summed E-state index contributed by atoms with van der Waals surface area (Å²) >= 11 is 0. The summed E-state index contributed by atoms with van der Waals surface area (Å²) in [7, 11) is -4.14. The largest absolute Gasteiger partial charge is 0.396 e. The molecule has 0 aromatic heterocycles. The van der Waals surface area contributed by atoms with Gasteiger partial charge in [-0.15, -0.1) is 0 Å². The molecule has 3 rings (SSSR count). The molecular weight excluding hydrogens is 300 g/mol. The predicted molar refractivity (Wildman–Crippen MR) is 71.9 cm³/mol. The Morgan fingerprint density at radius 1 is 1.24 bits per heavy atom. The minimum atomic E-state index is -4.14. The molecule has 1 aromatic rings. The normalized spacial score (nSPS) is 31.8. The highest BCUT2D eigenvalue weighted by Gasteiger charge is 2.48. The van der Waals surface area contributed by atoms with Crippen molar-refractivity contribution in [3.05, 3.63) is 29.8 Å². The number of aliphatic hydroxyl groups is 1. The van der Waals surface area contributed by atoms with E-state index in [4.69, 9.17) is 0 Å². The second kappa shape index (κ2) is 5.30. The first-order chi connectivity index (χ1) is 9.92. The van der Waals surface area contributed by atoms with Crippen LogP contribution in [0.4, 0.5) is 8.78 Å². The molecule has 0 heterocycles. The topological polar surface area (TPSA) is 66.4 Å². The third kappa shape index (κ3) is 2.58. The number of halogens is 2. The molecular formula is C14H17F2NO3S. The van der Waals surface area contributed by atoms with Crippen molar-refractivity contribution in [2.24, 2.45) is 17.8 Å². The fourth-order valence-electron chi connectivity index (χ4n) is 3.78. The third-order valence-electron chi connectivity index (χ3n) is 4.77. The van der Waals surface area contributed by atoms with Gasteiger partial charge in [-0.05, 0) is 49.3 Å². The molecule has 2 bridgehead atoms. The van der Waals surface area contributed by atoms with Gasteiger partial charge in [0.15, 0.2) is 0 Å². The van der Waals surface area contributed by atoms with Gasteiger partial charge < -0.3 is 5.11 Å². The van der Waals surface area contributed by atoms with E-state index in [-0.39, 0.29) is 18.4 Å². The van der Waals surface area contributed by atoms with Crippen molar-refractivity contribution in [2.45, 2.75) is 30.2 Å². The van der Waals surface area contributed by atoms with Crippen LogP contribution in [0.25, 0.3) is 0 Å². The Labute approximate surface area is 122 Å². The first-order valence-electron chi connectivity index (χ1n) is 7.00. The Morgan fingerprint density at radius 3 is 2.67 bits per heavy atom. The van der Waals surface area contributed by atoms with Gasteiger partial charge in [-0.25, -0.2) is 21.9 Å². The molecule has 2 saturated carbocycles. The van der Waals surface area contributed by atoms with Crippen LogP contribution in [0.2, 0.25) is 0 Å². The lowest BCUT2D eigenvalue weighted by Gasteiger charge is -2.30. The summed E-state index contributed by atoms with van der Waals surface area (Å²) in [6.07, 6.45) is 2.77. The summed E-state index contributed by atoms with van der Waals surface area (Å²) < 4.78 is 53.9. The van der Waals surface area contributed by atoms with E-state index in [0.717, 1.165) is 31.4 Å². The Balaban J connectivity index is 1.88. The van der Waals surface area contributed by atoms with E-state index in [0.29, 0.717) is 12.0 Å². The zero-order chi connectivity index (χ0) is 15.2. The van der Waals surface area contributed by atoms with E-state index < -0.39 is 32.6 Å². The molecule has 0 radical (unpaired) electrons. The number of hydrogen-bond donors (Lipinski definition) is 2. The van der Waals surface area contributed by atoms with Gasteiger partial charge in [0.1, 0.15) is 16.5 Å². The molecule has 116 valence electrons. The highest BCUT2D eigenvalue weighted by Crippen LogP contribution is 2.48. The number of fused-ring (bicyclic) bond motifs is 2. The zero-order valence-corrected chi connectivity index (χ0v) is 12.1. The molecule has 2 N–H and O–H groups in total. The van der Waals surface area contributed by atoms with Crippen molar-refractivity contribution < 1.29 is 22.3 Å². The van der Waals surface area contributed by atoms with Gasteiger partial charge >= 0.3 is 0 Å². The molecule has 0 aliphatic heterocycles. The second-order valence-electron chi connectivity index (χ2n) is 5.90. The highest BCUT2D eigenvalue weighted by atomic mass is 32.2. The molecule has 4 atom stereocenters. The van der Waals surface area contributed by atoms with Crippen LogP contribution in [0.15, 0.2) is 23.1 Å². The Kier molecular flexibility index (Phi) is 3.75. The van der Waals surface area contributed by atoms with Crippen LogP contribution in [-0.4, -0.2) is 26.2 Å². The molecule has 0 spiro atoms. The average molecular weight is 317 g/mol. The van der Waals surface area contributed by atoms with Crippen LogP contribution in [0, 0.1) is 29.4 Å². The number of hydrogen-bond acceptors (Lipinski definition) is 3. The van der Waals surface area contributed by atoms with E-state index in [1.54, 1.807) is 0 Å². The minimum absolute atomic E-state index is 0.0972. The smallest absolute Gasteiger partial charge is 0.243 e. The summed E-state index contributed by atoms with van der Waals surface area (Å²) in [5, 5.41) is 9.46. The lowest BCUT2D eigenvalue weighted by Crippen LogP contribution is -2.45. The first-order valence-corrected chi connectivity index (χ1v) is 8.49. The van der Waals surface area contributed by atoms with Gasteiger partial charge in [-0.3, -0.25) is 0 Å². The van der Waals surface area contributed by atoms with Crippen molar-refractivity contribution in [3.63, 3.8) is 0 Å². The molecule has 2 aliphatic carbocycles. The molecule has 4 nitrogen and oxygen atoms in total. The van der Waals surface area contributed by atoms with Gasteiger partial charge in [0.2, 0.25) is 10.0 Å². The lowest BCUT2D eigenvalue weighted by molar-refractivity contribution is 0.153. The molecule has 0 saturated heterocycles.